The molecule has 2 rings (SSSR count). The molecule has 2 aromatic rings. The van der Waals surface area contributed by atoms with Gasteiger partial charge in [0.2, 0.25) is 0 Å². The average Bonchev–Trinajstić information content (AvgIpc) is 2.63. The number of rotatable bonds is 5. The van der Waals surface area contributed by atoms with E-state index in [0.717, 1.165) is 23.6 Å². The topological polar surface area (TPSA) is 39.1 Å². The third-order valence-corrected chi connectivity index (χ3v) is 3.38. The van der Waals surface area contributed by atoms with Gasteiger partial charge in [0.1, 0.15) is 0 Å². The van der Waals surface area contributed by atoms with E-state index in [-0.39, 0.29) is 0 Å². The zero-order valence-corrected chi connectivity index (χ0v) is 12.0. The molecule has 1 N–H and O–H groups in total. The first-order chi connectivity index (χ1) is 9.13. The van der Waals surface area contributed by atoms with Crippen LogP contribution in [-0.4, -0.2) is 16.9 Å². The van der Waals surface area contributed by atoms with E-state index in [1.165, 1.54) is 11.1 Å². The van der Waals surface area contributed by atoms with E-state index >= 15 is 0 Å². The number of hydrogen-bond acceptors (Lipinski definition) is 3. The summed E-state index contributed by atoms with van der Waals surface area (Å²) in [6, 6.07) is 8.32. The van der Waals surface area contributed by atoms with Crippen LogP contribution in [0.25, 0.3) is 0 Å². The maximum atomic E-state index is 5.23. The average molecular weight is 259 g/mol. The van der Waals surface area contributed by atoms with E-state index in [0.29, 0.717) is 6.61 Å². The molecular weight excluding hydrogens is 238 g/mol. The van der Waals surface area contributed by atoms with Gasteiger partial charge >= 0.3 is 0 Å². The van der Waals surface area contributed by atoms with Crippen molar-refractivity contribution in [3.63, 3.8) is 0 Å². The smallest absolute Gasteiger partial charge is 0.0827 e. The van der Waals surface area contributed by atoms with E-state index in [1.54, 1.807) is 7.11 Å². The van der Waals surface area contributed by atoms with Crippen LogP contribution in [0.2, 0.25) is 0 Å². The molecule has 0 aliphatic heterocycles. The molecule has 0 aliphatic rings. The largest absolute Gasteiger partial charge is 0.380 e. The van der Waals surface area contributed by atoms with E-state index in [9.17, 15) is 0 Å². The van der Waals surface area contributed by atoms with Gasteiger partial charge in [-0.05, 0) is 25.0 Å². The fourth-order valence-corrected chi connectivity index (χ4v) is 2.24. The summed E-state index contributed by atoms with van der Waals surface area (Å²) in [5, 5.41) is 7.89. The van der Waals surface area contributed by atoms with E-state index in [2.05, 4.69) is 35.5 Å². The first-order valence-electron chi connectivity index (χ1n) is 6.43. The van der Waals surface area contributed by atoms with Gasteiger partial charge in [-0.25, -0.2) is 0 Å². The maximum Gasteiger partial charge on any atom is 0.0827 e. The fourth-order valence-electron chi connectivity index (χ4n) is 2.24. The lowest BCUT2D eigenvalue weighted by atomic mass is 10.1. The molecule has 1 aromatic heterocycles. The van der Waals surface area contributed by atoms with Crippen molar-refractivity contribution >= 4 is 5.69 Å². The first kappa shape index (κ1) is 13.6. The summed E-state index contributed by atoms with van der Waals surface area (Å²) in [6.45, 7) is 5.52. The van der Waals surface area contributed by atoms with Gasteiger partial charge < -0.3 is 10.1 Å². The minimum Gasteiger partial charge on any atom is -0.380 e. The van der Waals surface area contributed by atoms with Crippen LogP contribution in [0.1, 0.15) is 22.5 Å². The Balaban J connectivity index is 2.14. The highest BCUT2D eigenvalue weighted by Gasteiger charge is 2.09. The number of hydrogen-bond donors (Lipinski definition) is 1. The second-order valence-electron chi connectivity index (χ2n) is 4.72. The summed E-state index contributed by atoms with van der Waals surface area (Å²) in [5.41, 5.74) is 5.78. The second-order valence-corrected chi connectivity index (χ2v) is 4.72. The lowest BCUT2D eigenvalue weighted by molar-refractivity contribution is 0.184. The van der Waals surface area contributed by atoms with Gasteiger partial charge in [0.25, 0.3) is 0 Å². The number of nitrogens with one attached hydrogen (secondary N) is 1. The van der Waals surface area contributed by atoms with Crippen LogP contribution in [0.4, 0.5) is 5.69 Å². The third kappa shape index (κ3) is 2.96. The molecular formula is C15H21N3O. The van der Waals surface area contributed by atoms with E-state index in [4.69, 9.17) is 4.74 Å². The van der Waals surface area contributed by atoms with Gasteiger partial charge in [0.05, 0.1) is 23.7 Å². The monoisotopic (exact) mass is 259 g/mol. The second kappa shape index (κ2) is 5.89. The summed E-state index contributed by atoms with van der Waals surface area (Å²) in [5.74, 6) is 0. The van der Waals surface area contributed by atoms with Crippen molar-refractivity contribution in [1.82, 2.24) is 9.78 Å². The minimum absolute atomic E-state index is 0.642. The minimum atomic E-state index is 0.642. The van der Waals surface area contributed by atoms with Gasteiger partial charge in [-0.2, -0.15) is 5.10 Å². The van der Waals surface area contributed by atoms with Crippen LogP contribution in [-0.2, 0) is 24.9 Å². The zero-order valence-electron chi connectivity index (χ0n) is 12.0. The molecule has 1 aromatic carbocycles. The Hall–Kier alpha value is -1.81. The Morgan fingerprint density at radius 3 is 2.47 bits per heavy atom. The zero-order chi connectivity index (χ0) is 13.8. The molecule has 0 radical (unpaired) electrons. The standard InChI is InChI=1S/C15H21N3O/c1-11-15(12(2)18(3)17-11)16-9-13-7-5-6-8-14(13)10-19-4/h5-8,16H,9-10H2,1-4H3. The molecule has 0 unspecified atom stereocenters. The van der Waals surface area contributed by atoms with Crippen molar-refractivity contribution in [2.24, 2.45) is 7.05 Å². The molecule has 0 saturated carbocycles. The van der Waals surface area contributed by atoms with Gasteiger partial charge in [-0.1, -0.05) is 24.3 Å². The first-order valence-corrected chi connectivity index (χ1v) is 6.43. The predicted octanol–water partition coefficient (Wildman–Crippen LogP) is 2.80. The molecule has 0 spiro atoms. The van der Waals surface area contributed by atoms with Crippen molar-refractivity contribution in [1.29, 1.82) is 0 Å². The van der Waals surface area contributed by atoms with Crippen LogP contribution in [0.15, 0.2) is 24.3 Å². The summed E-state index contributed by atoms with van der Waals surface area (Å²) < 4.78 is 7.13. The molecule has 4 heteroatoms. The van der Waals surface area contributed by atoms with Gasteiger partial charge in [-0.3, -0.25) is 4.68 Å². The lowest BCUT2D eigenvalue weighted by Crippen LogP contribution is -2.05. The molecule has 19 heavy (non-hydrogen) atoms. The molecule has 0 bridgehead atoms. The van der Waals surface area contributed by atoms with Crippen molar-refractivity contribution in [3.05, 3.63) is 46.8 Å². The normalized spacial score (nSPS) is 10.7. The fraction of sp³-hybridized carbons (Fsp3) is 0.400. The maximum absolute atomic E-state index is 5.23. The van der Waals surface area contributed by atoms with Crippen molar-refractivity contribution < 1.29 is 4.74 Å². The lowest BCUT2D eigenvalue weighted by Gasteiger charge is -2.11. The number of ether oxygens (including phenoxy) is 1. The van der Waals surface area contributed by atoms with Crippen LogP contribution in [0.3, 0.4) is 0 Å². The predicted molar refractivity (Wildman–Crippen MR) is 77.2 cm³/mol. The summed E-state index contributed by atoms with van der Waals surface area (Å²) in [6.07, 6.45) is 0. The molecule has 0 saturated heterocycles. The quantitative estimate of drug-likeness (QED) is 0.897. The number of benzene rings is 1. The number of anilines is 1. The molecule has 0 atom stereocenters. The van der Waals surface area contributed by atoms with E-state index in [1.807, 2.05) is 24.7 Å². The van der Waals surface area contributed by atoms with Crippen molar-refractivity contribution in [3.8, 4) is 0 Å². The van der Waals surface area contributed by atoms with Crippen molar-refractivity contribution in [2.45, 2.75) is 27.0 Å². The Morgan fingerprint density at radius 2 is 1.89 bits per heavy atom. The Bertz CT molecular complexity index is 561. The number of methoxy groups -OCH3 is 1. The SMILES string of the molecule is COCc1ccccc1CNc1c(C)nn(C)c1C. The summed E-state index contributed by atoms with van der Waals surface area (Å²) in [4.78, 5) is 0. The molecule has 102 valence electrons. The Labute approximate surface area is 114 Å². The number of nitrogens with zero attached hydrogens (tertiary/aromatic N) is 2. The summed E-state index contributed by atoms with van der Waals surface area (Å²) >= 11 is 0. The van der Waals surface area contributed by atoms with Gasteiger partial charge in [-0.15, -0.1) is 0 Å². The molecule has 0 amide bonds. The van der Waals surface area contributed by atoms with Crippen molar-refractivity contribution in [2.75, 3.05) is 12.4 Å². The summed E-state index contributed by atoms with van der Waals surface area (Å²) in [7, 11) is 3.69. The van der Waals surface area contributed by atoms with Crippen LogP contribution in [0, 0.1) is 13.8 Å². The Morgan fingerprint density at radius 1 is 1.21 bits per heavy atom. The van der Waals surface area contributed by atoms with Gasteiger partial charge in [0, 0.05) is 20.7 Å². The van der Waals surface area contributed by atoms with E-state index < -0.39 is 0 Å². The molecule has 1 heterocycles. The third-order valence-electron chi connectivity index (χ3n) is 3.38. The van der Waals surface area contributed by atoms with Gasteiger partial charge in [0.15, 0.2) is 0 Å². The molecule has 0 fully saturated rings. The number of aromatic nitrogens is 2. The highest BCUT2D eigenvalue weighted by molar-refractivity contribution is 5.52. The highest BCUT2D eigenvalue weighted by Crippen LogP contribution is 2.20. The Kier molecular flexibility index (Phi) is 4.22. The number of aryl methyl sites for hydroxylation is 2. The molecule has 0 aliphatic carbocycles. The van der Waals surface area contributed by atoms with Crippen LogP contribution in [0.5, 0.6) is 0 Å². The molecule has 4 nitrogen and oxygen atoms in total. The van der Waals surface area contributed by atoms with Crippen LogP contribution < -0.4 is 5.32 Å². The van der Waals surface area contributed by atoms with Crippen LogP contribution >= 0.6 is 0 Å². The highest BCUT2D eigenvalue weighted by atomic mass is 16.5.